The molecule has 4 heteroatoms. The molecule has 2 aromatic carbocycles. The van der Waals surface area contributed by atoms with Gasteiger partial charge in [-0.25, -0.2) is 0 Å². The Balaban J connectivity index is 1.64. The first-order valence-electron chi connectivity index (χ1n) is 8.42. The van der Waals surface area contributed by atoms with Crippen LogP contribution in [-0.4, -0.2) is 19.0 Å². The maximum atomic E-state index is 12.5. The lowest BCUT2D eigenvalue weighted by molar-refractivity contribution is -0.120. The van der Waals surface area contributed by atoms with E-state index in [2.05, 4.69) is 35.3 Å². The summed E-state index contributed by atoms with van der Waals surface area (Å²) in [7, 11) is 0. The fourth-order valence-corrected chi connectivity index (χ4v) is 3.39. The number of nitrogens with one attached hydrogen (secondary N) is 1. The van der Waals surface area contributed by atoms with Crippen LogP contribution in [0, 0.1) is 6.92 Å². The van der Waals surface area contributed by atoms with E-state index in [0.29, 0.717) is 11.6 Å². The number of hydrogen-bond acceptors (Lipinski definition) is 2. The third-order valence-electron chi connectivity index (χ3n) is 4.53. The van der Waals surface area contributed by atoms with Crippen molar-refractivity contribution in [3.05, 3.63) is 64.2 Å². The highest BCUT2D eigenvalue weighted by molar-refractivity contribution is 6.30. The molecule has 0 bridgehead atoms. The van der Waals surface area contributed by atoms with Gasteiger partial charge in [-0.05, 0) is 56.0 Å². The lowest BCUT2D eigenvalue weighted by Gasteiger charge is -2.31. The van der Waals surface area contributed by atoms with Gasteiger partial charge in [0.05, 0.1) is 12.6 Å². The first kappa shape index (κ1) is 16.8. The molecule has 3 nitrogen and oxygen atoms in total. The average Bonchev–Trinajstić information content (AvgIpc) is 2.55. The number of fused-ring (bicyclic) bond motifs is 1. The van der Waals surface area contributed by atoms with Crippen LogP contribution in [0.25, 0.3) is 0 Å². The van der Waals surface area contributed by atoms with Crippen molar-refractivity contribution in [2.45, 2.75) is 32.7 Å². The van der Waals surface area contributed by atoms with E-state index in [4.69, 9.17) is 11.6 Å². The highest BCUT2D eigenvalue weighted by Crippen LogP contribution is 2.27. The van der Waals surface area contributed by atoms with Crippen LogP contribution in [-0.2, 0) is 11.2 Å². The minimum absolute atomic E-state index is 0.0305. The van der Waals surface area contributed by atoms with Gasteiger partial charge in [0.15, 0.2) is 0 Å². The molecule has 0 radical (unpaired) electrons. The highest BCUT2D eigenvalue weighted by atomic mass is 35.5. The molecule has 0 aromatic heterocycles. The van der Waals surface area contributed by atoms with Crippen molar-refractivity contribution in [2.24, 2.45) is 0 Å². The summed E-state index contributed by atoms with van der Waals surface area (Å²) in [6.07, 6.45) is 2.19. The number of rotatable bonds is 4. The van der Waals surface area contributed by atoms with Gasteiger partial charge in [0.1, 0.15) is 0 Å². The molecule has 1 heterocycles. The third-order valence-corrected chi connectivity index (χ3v) is 4.78. The predicted molar refractivity (Wildman–Crippen MR) is 99.7 cm³/mol. The first-order valence-corrected chi connectivity index (χ1v) is 8.80. The first-order chi connectivity index (χ1) is 11.5. The molecule has 0 unspecified atom stereocenters. The lowest BCUT2D eigenvalue weighted by Crippen LogP contribution is -2.40. The SMILES string of the molecule is Cc1ccc2c(c1)CCCN2CC(=O)N[C@@H](C)c1ccc(Cl)cc1. The molecule has 1 aliphatic heterocycles. The fraction of sp³-hybridized carbons (Fsp3) is 0.350. The summed E-state index contributed by atoms with van der Waals surface area (Å²) in [5, 5.41) is 3.79. The number of carbonyl (C=O) groups is 1. The van der Waals surface area contributed by atoms with E-state index in [-0.39, 0.29) is 11.9 Å². The maximum absolute atomic E-state index is 12.5. The molecule has 126 valence electrons. The summed E-state index contributed by atoms with van der Waals surface area (Å²) in [5.74, 6) is 0.0471. The summed E-state index contributed by atoms with van der Waals surface area (Å²) < 4.78 is 0. The minimum atomic E-state index is -0.0305. The molecule has 0 saturated heterocycles. The normalized spacial score (nSPS) is 14.9. The molecule has 1 atom stereocenters. The molecular weight excluding hydrogens is 320 g/mol. The van der Waals surface area contributed by atoms with Gasteiger partial charge in [-0.2, -0.15) is 0 Å². The molecule has 0 spiro atoms. The summed E-state index contributed by atoms with van der Waals surface area (Å²) in [4.78, 5) is 14.6. The molecule has 24 heavy (non-hydrogen) atoms. The highest BCUT2D eigenvalue weighted by Gasteiger charge is 2.20. The molecule has 1 amide bonds. The Labute approximate surface area is 148 Å². The van der Waals surface area contributed by atoms with Crippen LogP contribution in [0.1, 0.15) is 36.1 Å². The number of carbonyl (C=O) groups excluding carboxylic acids is 1. The van der Waals surface area contributed by atoms with Gasteiger partial charge in [-0.3, -0.25) is 4.79 Å². The Bertz CT molecular complexity index is 727. The van der Waals surface area contributed by atoms with Crippen LogP contribution in [0.2, 0.25) is 5.02 Å². The Morgan fingerprint density at radius 1 is 1.25 bits per heavy atom. The topological polar surface area (TPSA) is 32.3 Å². The van der Waals surface area contributed by atoms with Crippen LogP contribution in [0.4, 0.5) is 5.69 Å². The van der Waals surface area contributed by atoms with Crippen molar-refractivity contribution in [1.82, 2.24) is 5.32 Å². The number of aryl methyl sites for hydroxylation is 2. The van der Waals surface area contributed by atoms with Gasteiger partial charge in [-0.15, -0.1) is 0 Å². The molecule has 2 aromatic rings. The second kappa shape index (κ2) is 7.27. The largest absolute Gasteiger partial charge is 0.362 e. The van der Waals surface area contributed by atoms with Crippen LogP contribution < -0.4 is 10.2 Å². The lowest BCUT2D eigenvalue weighted by atomic mass is 9.99. The van der Waals surface area contributed by atoms with E-state index in [1.54, 1.807) is 0 Å². The molecule has 0 saturated carbocycles. The molecule has 1 N–H and O–H groups in total. The zero-order chi connectivity index (χ0) is 17.1. The van der Waals surface area contributed by atoms with Crippen molar-refractivity contribution in [1.29, 1.82) is 0 Å². The predicted octanol–water partition coefficient (Wildman–Crippen LogP) is 4.28. The standard InChI is InChI=1S/C20H23ClN2O/c1-14-5-10-19-17(12-14)4-3-11-23(19)13-20(24)22-15(2)16-6-8-18(21)9-7-16/h5-10,12,15H,3-4,11,13H2,1-2H3,(H,22,24)/t15-/m0/s1. The van der Waals surface area contributed by atoms with Crippen LogP contribution in [0.3, 0.4) is 0 Å². The van der Waals surface area contributed by atoms with Gasteiger partial charge in [0, 0.05) is 17.3 Å². The van der Waals surface area contributed by atoms with Crippen molar-refractivity contribution in [3.8, 4) is 0 Å². The summed E-state index contributed by atoms with van der Waals surface area (Å²) in [6, 6.07) is 14.1. The van der Waals surface area contributed by atoms with Gasteiger partial charge in [0.25, 0.3) is 0 Å². The Hall–Kier alpha value is -2.00. The van der Waals surface area contributed by atoms with Gasteiger partial charge < -0.3 is 10.2 Å². The second-order valence-corrected chi connectivity index (χ2v) is 6.93. The van der Waals surface area contributed by atoms with Crippen molar-refractivity contribution in [3.63, 3.8) is 0 Å². The molecule has 3 rings (SSSR count). The van der Waals surface area contributed by atoms with Crippen LogP contribution in [0.5, 0.6) is 0 Å². The van der Waals surface area contributed by atoms with Crippen molar-refractivity contribution >= 4 is 23.2 Å². The van der Waals surface area contributed by atoms with Crippen molar-refractivity contribution in [2.75, 3.05) is 18.0 Å². The van der Waals surface area contributed by atoms with E-state index in [9.17, 15) is 4.79 Å². The minimum Gasteiger partial charge on any atom is -0.362 e. The Morgan fingerprint density at radius 3 is 2.75 bits per heavy atom. The number of halogens is 1. The van der Waals surface area contributed by atoms with E-state index in [1.165, 1.54) is 16.8 Å². The quantitative estimate of drug-likeness (QED) is 0.899. The van der Waals surface area contributed by atoms with Gasteiger partial charge in [-0.1, -0.05) is 41.4 Å². The molecular formula is C20H23ClN2O. The molecule has 1 aliphatic rings. The smallest absolute Gasteiger partial charge is 0.239 e. The number of benzene rings is 2. The average molecular weight is 343 g/mol. The maximum Gasteiger partial charge on any atom is 0.239 e. The number of hydrogen-bond donors (Lipinski definition) is 1. The van der Waals surface area contributed by atoms with Gasteiger partial charge in [0.2, 0.25) is 5.91 Å². The zero-order valence-electron chi connectivity index (χ0n) is 14.2. The Morgan fingerprint density at radius 2 is 2.00 bits per heavy atom. The number of anilines is 1. The Kier molecular flexibility index (Phi) is 5.10. The molecule has 0 fully saturated rings. The van der Waals surface area contributed by atoms with Gasteiger partial charge >= 0.3 is 0 Å². The fourth-order valence-electron chi connectivity index (χ4n) is 3.26. The van der Waals surface area contributed by atoms with E-state index in [0.717, 1.165) is 24.9 Å². The third kappa shape index (κ3) is 3.90. The van der Waals surface area contributed by atoms with Crippen molar-refractivity contribution < 1.29 is 4.79 Å². The monoisotopic (exact) mass is 342 g/mol. The molecule has 0 aliphatic carbocycles. The van der Waals surface area contributed by atoms with E-state index >= 15 is 0 Å². The zero-order valence-corrected chi connectivity index (χ0v) is 14.9. The van der Waals surface area contributed by atoms with E-state index < -0.39 is 0 Å². The summed E-state index contributed by atoms with van der Waals surface area (Å²) in [5.41, 5.74) is 4.87. The number of nitrogens with zero attached hydrogens (tertiary/aromatic N) is 1. The van der Waals surface area contributed by atoms with Crippen LogP contribution >= 0.6 is 11.6 Å². The van der Waals surface area contributed by atoms with Crippen LogP contribution in [0.15, 0.2) is 42.5 Å². The second-order valence-electron chi connectivity index (χ2n) is 6.50. The van der Waals surface area contributed by atoms with E-state index in [1.807, 2.05) is 31.2 Å². The number of amides is 1. The summed E-state index contributed by atoms with van der Waals surface area (Å²) in [6.45, 7) is 5.43. The summed E-state index contributed by atoms with van der Waals surface area (Å²) >= 11 is 5.92.